The Labute approximate surface area is 123 Å². The van der Waals surface area contributed by atoms with Gasteiger partial charge in [-0.05, 0) is 47.3 Å². The summed E-state index contributed by atoms with van der Waals surface area (Å²) in [4.78, 5) is 4.24. The van der Waals surface area contributed by atoms with Crippen LogP contribution in [-0.4, -0.2) is 12.0 Å². The average Bonchev–Trinajstić information content (AvgIpc) is 2.49. The molecule has 1 N–H and O–H groups in total. The first-order valence-corrected chi connectivity index (χ1v) is 6.93. The Morgan fingerprint density at radius 1 is 1.15 bits per heavy atom. The Kier molecular flexibility index (Phi) is 3.68. The van der Waals surface area contributed by atoms with Crippen molar-refractivity contribution < 1.29 is 0 Å². The fraction of sp³-hybridized carbons (Fsp3) is 0.118. The molecule has 0 bridgehead atoms. The minimum absolute atomic E-state index is 0.760. The highest BCUT2D eigenvalue weighted by atomic mass is 35.5. The maximum atomic E-state index is 6.23. The third kappa shape index (κ3) is 2.40. The number of aromatic nitrogens is 1. The molecule has 2 nitrogen and oxygen atoms in total. The Morgan fingerprint density at radius 2 is 2.05 bits per heavy atom. The quantitative estimate of drug-likeness (QED) is 0.776. The molecule has 0 radical (unpaired) electrons. The van der Waals surface area contributed by atoms with Crippen LogP contribution in [0, 0.1) is 0 Å². The molecule has 0 saturated carbocycles. The lowest BCUT2D eigenvalue weighted by Crippen LogP contribution is -2.05. The van der Waals surface area contributed by atoms with Gasteiger partial charge < -0.3 is 5.32 Å². The molecular weight excluding hydrogens is 268 g/mol. The van der Waals surface area contributed by atoms with Crippen LogP contribution in [0.3, 0.4) is 0 Å². The van der Waals surface area contributed by atoms with Gasteiger partial charge >= 0.3 is 0 Å². The number of nitrogens with zero attached hydrogens (tertiary/aromatic N) is 1. The minimum Gasteiger partial charge on any atom is -0.316 e. The van der Waals surface area contributed by atoms with Gasteiger partial charge in [-0.1, -0.05) is 35.9 Å². The first kappa shape index (κ1) is 13.1. The van der Waals surface area contributed by atoms with E-state index in [0.29, 0.717) is 0 Å². The molecule has 1 aromatic heterocycles. The number of fused-ring (bicyclic) bond motifs is 1. The standard InChI is InChI=1S/C17H15ClN2/c1-19-10-14-9-13(5-6-17(14)18)15-4-2-3-12-7-8-20-11-16(12)15/h2-9,11,19H,10H2,1H3. The maximum absolute atomic E-state index is 6.23. The lowest BCUT2D eigenvalue weighted by molar-refractivity contribution is 0.818. The van der Waals surface area contributed by atoms with Crippen LogP contribution in [0.25, 0.3) is 21.9 Å². The van der Waals surface area contributed by atoms with E-state index in [1.54, 1.807) is 0 Å². The topological polar surface area (TPSA) is 24.9 Å². The predicted molar refractivity (Wildman–Crippen MR) is 85.0 cm³/mol. The van der Waals surface area contributed by atoms with Gasteiger partial charge in [0.15, 0.2) is 0 Å². The Hall–Kier alpha value is -1.90. The summed E-state index contributed by atoms with van der Waals surface area (Å²) in [6, 6.07) is 14.5. The molecule has 2 aromatic carbocycles. The summed E-state index contributed by atoms with van der Waals surface area (Å²) < 4.78 is 0. The van der Waals surface area contributed by atoms with Gasteiger partial charge in [-0.25, -0.2) is 0 Å². The summed E-state index contributed by atoms with van der Waals surface area (Å²) >= 11 is 6.23. The van der Waals surface area contributed by atoms with E-state index in [1.807, 2.05) is 31.6 Å². The van der Waals surface area contributed by atoms with Gasteiger partial charge in [0, 0.05) is 29.3 Å². The third-order valence-corrected chi connectivity index (χ3v) is 3.78. The van der Waals surface area contributed by atoms with Crippen LogP contribution in [0.2, 0.25) is 5.02 Å². The molecule has 1 heterocycles. The number of nitrogens with one attached hydrogen (secondary N) is 1. The molecule has 0 aliphatic carbocycles. The number of benzene rings is 2. The molecule has 0 fully saturated rings. The van der Waals surface area contributed by atoms with Gasteiger partial charge in [0.25, 0.3) is 0 Å². The Balaban J connectivity index is 2.18. The summed E-state index contributed by atoms with van der Waals surface area (Å²) in [5.41, 5.74) is 3.45. The highest BCUT2D eigenvalue weighted by Crippen LogP contribution is 2.30. The molecule has 0 saturated heterocycles. The van der Waals surface area contributed by atoms with Gasteiger partial charge in [0.05, 0.1) is 0 Å². The van der Waals surface area contributed by atoms with Crippen LogP contribution in [-0.2, 0) is 6.54 Å². The van der Waals surface area contributed by atoms with Crippen LogP contribution < -0.4 is 5.32 Å². The second-order valence-electron chi connectivity index (χ2n) is 4.74. The normalized spacial score (nSPS) is 10.9. The average molecular weight is 283 g/mol. The largest absolute Gasteiger partial charge is 0.316 e. The van der Waals surface area contributed by atoms with Crippen molar-refractivity contribution in [3.05, 3.63) is 65.4 Å². The van der Waals surface area contributed by atoms with Gasteiger partial charge in [0.2, 0.25) is 0 Å². The van der Waals surface area contributed by atoms with Crippen molar-refractivity contribution in [1.82, 2.24) is 10.3 Å². The molecule has 100 valence electrons. The fourth-order valence-electron chi connectivity index (χ4n) is 2.43. The zero-order valence-electron chi connectivity index (χ0n) is 11.2. The second kappa shape index (κ2) is 5.61. The van der Waals surface area contributed by atoms with Crippen molar-refractivity contribution >= 4 is 22.4 Å². The number of rotatable bonds is 3. The Morgan fingerprint density at radius 3 is 2.90 bits per heavy atom. The summed E-state index contributed by atoms with van der Waals surface area (Å²) in [5.74, 6) is 0. The van der Waals surface area contributed by atoms with E-state index >= 15 is 0 Å². The highest BCUT2D eigenvalue weighted by Gasteiger charge is 2.06. The number of pyridine rings is 1. The molecular formula is C17H15ClN2. The molecule has 3 rings (SSSR count). The molecule has 0 aliphatic heterocycles. The van der Waals surface area contributed by atoms with E-state index in [9.17, 15) is 0 Å². The minimum atomic E-state index is 0.760. The SMILES string of the molecule is CNCc1cc(-c2cccc3ccncc23)ccc1Cl. The van der Waals surface area contributed by atoms with Crippen LogP contribution in [0.5, 0.6) is 0 Å². The first-order valence-electron chi connectivity index (χ1n) is 6.56. The van der Waals surface area contributed by atoms with E-state index in [0.717, 1.165) is 22.5 Å². The lowest BCUT2D eigenvalue weighted by Gasteiger charge is -2.10. The smallest absolute Gasteiger partial charge is 0.0451 e. The first-order chi connectivity index (χ1) is 9.79. The van der Waals surface area contributed by atoms with E-state index in [1.165, 1.54) is 16.5 Å². The molecule has 3 heteroatoms. The van der Waals surface area contributed by atoms with Gasteiger partial charge in [-0.2, -0.15) is 0 Å². The van der Waals surface area contributed by atoms with Crippen LogP contribution in [0.1, 0.15) is 5.56 Å². The summed E-state index contributed by atoms with van der Waals surface area (Å²) in [7, 11) is 1.92. The van der Waals surface area contributed by atoms with Crippen LogP contribution >= 0.6 is 11.6 Å². The van der Waals surface area contributed by atoms with E-state index < -0.39 is 0 Å². The molecule has 0 aliphatic rings. The van der Waals surface area contributed by atoms with Crippen molar-refractivity contribution in [2.75, 3.05) is 7.05 Å². The van der Waals surface area contributed by atoms with Crippen molar-refractivity contribution in [3.8, 4) is 11.1 Å². The van der Waals surface area contributed by atoms with E-state index in [-0.39, 0.29) is 0 Å². The summed E-state index contributed by atoms with van der Waals surface area (Å²) in [6.45, 7) is 0.760. The van der Waals surface area contributed by atoms with Crippen molar-refractivity contribution in [1.29, 1.82) is 0 Å². The molecule has 0 atom stereocenters. The Bertz CT molecular complexity index is 748. The van der Waals surface area contributed by atoms with Crippen LogP contribution in [0.4, 0.5) is 0 Å². The van der Waals surface area contributed by atoms with Gasteiger partial charge in [-0.15, -0.1) is 0 Å². The molecule has 3 aromatic rings. The maximum Gasteiger partial charge on any atom is 0.0451 e. The van der Waals surface area contributed by atoms with Gasteiger partial charge in [0.1, 0.15) is 0 Å². The van der Waals surface area contributed by atoms with Crippen LogP contribution in [0.15, 0.2) is 54.9 Å². The van der Waals surface area contributed by atoms with Gasteiger partial charge in [-0.3, -0.25) is 4.98 Å². The van der Waals surface area contributed by atoms with E-state index in [4.69, 9.17) is 11.6 Å². The third-order valence-electron chi connectivity index (χ3n) is 3.41. The van der Waals surface area contributed by atoms with Crippen molar-refractivity contribution in [3.63, 3.8) is 0 Å². The number of hydrogen-bond acceptors (Lipinski definition) is 2. The summed E-state index contributed by atoms with van der Waals surface area (Å²) in [5, 5.41) is 6.29. The van der Waals surface area contributed by atoms with E-state index in [2.05, 4.69) is 40.6 Å². The van der Waals surface area contributed by atoms with Crippen molar-refractivity contribution in [2.24, 2.45) is 0 Å². The zero-order chi connectivity index (χ0) is 13.9. The molecule has 0 spiro atoms. The monoisotopic (exact) mass is 282 g/mol. The predicted octanol–water partition coefficient (Wildman–Crippen LogP) is 4.27. The molecule has 0 amide bonds. The van der Waals surface area contributed by atoms with Crippen molar-refractivity contribution in [2.45, 2.75) is 6.54 Å². The zero-order valence-corrected chi connectivity index (χ0v) is 12.0. The fourth-order valence-corrected chi connectivity index (χ4v) is 2.62. The lowest BCUT2D eigenvalue weighted by atomic mass is 9.98. The molecule has 0 unspecified atom stereocenters. The number of hydrogen-bond donors (Lipinski definition) is 1. The summed E-state index contributed by atoms with van der Waals surface area (Å²) in [6.07, 6.45) is 3.73. The highest BCUT2D eigenvalue weighted by molar-refractivity contribution is 6.31. The second-order valence-corrected chi connectivity index (χ2v) is 5.15. The molecule has 20 heavy (non-hydrogen) atoms. The number of halogens is 1.